The van der Waals surface area contributed by atoms with E-state index in [1.807, 2.05) is 24.3 Å². The summed E-state index contributed by atoms with van der Waals surface area (Å²) in [5.41, 5.74) is 0.555. The molecule has 2 N–H and O–H groups in total. The summed E-state index contributed by atoms with van der Waals surface area (Å²) in [6.45, 7) is 2.88. The third-order valence-corrected chi connectivity index (χ3v) is 11.0. The van der Waals surface area contributed by atoms with Gasteiger partial charge >= 0.3 is 6.01 Å². The van der Waals surface area contributed by atoms with Crippen LogP contribution in [0.2, 0.25) is 0 Å². The minimum atomic E-state index is -0.896. The normalized spacial score (nSPS) is 27.5. The van der Waals surface area contributed by atoms with Gasteiger partial charge in [0.15, 0.2) is 11.6 Å². The summed E-state index contributed by atoms with van der Waals surface area (Å²) in [6.07, 6.45) is 5.00. The first kappa shape index (κ1) is 28.3. The summed E-state index contributed by atoms with van der Waals surface area (Å²) < 4.78 is 38.2. The van der Waals surface area contributed by atoms with Crippen LogP contribution in [0.25, 0.3) is 32.8 Å². The van der Waals surface area contributed by atoms with Gasteiger partial charge in [-0.25, -0.2) is 8.78 Å². The number of aromatic hydroxyl groups is 1. The van der Waals surface area contributed by atoms with Gasteiger partial charge in [0.25, 0.3) is 0 Å². The molecule has 5 heterocycles. The van der Waals surface area contributed by atoms with E-state index < -0.39 is 17.5 Å². The average molecular weight is 626 g/mol. The zero-order valence-corrected chi connectivity index (χ0v) is 25.6. The standard InChI is InChI=1S/C36H37F2N5O3/c37-22-15-36(10-3-11-43(36)16-22)19-46-35-40-32-29(34(41-35)42-17-23-8-9-24(18-42)39-23)14-28(33(45)20-6-7-20)30(31(32)38)27-13-25(44)12-21-4-1-2-5-26(21)27/h1-2,4-5,12-14,20,22-24,39,44H,3,6-11,15-19H2/t22-,23-,24+,36+/m1/s1. The number of piperazine rings is 1. The van der Waals surface area contributed by atoms with Gasteiger partial charge < -0.3 is 20.1 Å². The van der Waals surface area contributed by atoms with E-state index in [-0.39, 0.29) is 41.1 Å². The van der Waals surface area contributed by atoms with Crippen LogP contribution in [0.1, 0.15) is 55.3 Å². The lowest BCUT2D eigenvalue weighted by atomic mass is 9.89. The lowest BCUT2D eigenvalue weighted by Gasteiger charge is -2.35. The molecule has 0 unspecified atom stereocenters. The van der Waals surface area contributed by atoms with Crippen molar-refractivity contribution in [2.24, 2.45) is 5.92 Å². The quantitative estimate of drug-likeness (QED) is 0.250. The van der Waals surface area contributed by atoms with Crippen molar-refractivity contribution in [3.63, 3.8) is 0 Å². The molecule has 10 heteroatoms. The van der Waals surface area contributed by atoms with E-state index in [2.05, 4.69) is 20.1 Å². The zero-order chi connectivity index (χ0) is 31.2. The number of rotatable bonds is 7. The fraction of sp³-hybridized carbons (Fsp3) is 0.472. The summed E-state index contributed by atoms with van der Waals surface area (Å²) in [5.74, 6) is -0.332. The summed E-state index contributed by atoms with van der Waals surface area (Å²) in [4.78, 5) is 27.9. The van der Waals surface area contributed by atoms with Crippen molar-refractivity contribution in [3.05, 3.63) is 53.8 Å². The first-order valence-corrected chi connectivity index (χ1v) is 16.7. The Morgan fingerprint density at radius 3 is 2.65 bits per heavy atom. The molecule has 4 atom stereocenters. The Morgan fingerprint density at radius 2 is 1.85 bits per heavy atom. The third kappa shape index (κ3) is 4.63. The molecule has 3 aromatic carbocycles. The van der Waals surface area contributed by atoms with E-state index in [1.165, 1.54) is 6.07 Å². The Bertz CT molecular complexity index is 1890. The SMILES string of the molecule is O=C(c1cc2c(N3C[C@H]4CC[C@@H](C3)N4)nc(OC[C@@]34CCCN3C[C@H](F)C4)nc2c(F)c1-c1cc(O)cc2ccccc12)C1CC1. The van der Waals surface area contributed by atoms with Crippen LogP contribution in [0.4, 0.5) is 14.6 Å². The number of ketones is 1. The Labute approximate surface area is 265 Å². The molecule has 1 saturated carbocycles. The molecule has 5 aliphatic rings. The predicted octanol–water partition coefficient (Wildman–Crippen LogP) is 5.78. The number of hydrogen-bond acceptors (Lipinski definition) is 8. The highest BCUT2D eigenvalue weighted by Gasteiger charge is 2.49. The molecular formula is C36H37F2N5O3. The zero-order valence-electron chi connectivity index (χ0n) is 25.6. The number of alkyl halides is 1. The summed E-state index contributed by atoms with van der Waals surface area (Å²) in [5, 5.41) is 16.3. The van der Waals surface area contributed by atoms with Crippen molar-refractivity contribution >= 4 is 33.3 Å². The van der Waals surface area contributed by atoms with E-state index in [1.54, 1.807) is 12.1 Å². The molecule has 4 saturated heterocycles. The number of Topliss-reactive ketones (excluding diaryl/α,β-unsaturated/α-hetero) is 1. The third-order valence-electron chi connectivity index (χ3n) is 11.0. The minimum Gasteiger partial charge on any atom is -0.508 e. The van der Waals surface area contributed by atoms with Crippen molar-refractivity contribution < 1.29 is 23.4 Å². The number of phenolic OH excluding ortho intramolecular Hbond substituents is 1. The number of aromatic nitrogens is 2. The highest BCUT2D eigenvalue weighted by atomic mass is 19.1. The van der Waals surface area contributed by atoms with Crippen molar-refractivity contribution in [1.82, 2.24) is 20.2 Å². The number of fused-ring (bicyclic) bond motifs is 5. The Hall–Kier alpha value is -3.89. The minimum absolute atomic E-state index is 0.00943. The van der Waals surface area contributed by atoms with Crippen LogP contribution in [-0.4, -0.2) is 82.3 Å². The Kier molecular flexibility index (Phi) is 6.51. The Morgan fingerprint density at radius 1 is 1.04 bits per heavy atom. The monoisotopic (exact) mass is 625 g/mol. The first-order chi connectivity index (χ1) is 22.3. The summed E-state index contributed by atoms with van der Waals surface area (Å²) in [6, 6.07) is 13.1. The second-order valence-corrected chi connectivity index (χ2v) is 14.1. The second-order valence-electron chi connectivity index (χ2n) is 14.1. The molecular weight excluding hydrogens is 588 g/mol. The number of anilines is 1. The molecule has 0 amide bonds. The average Bonchev–Trinajstić information content (AvgIpc) is 3.66. The van der Waals surface area contributed by atoms with Gasteiger partial charge in [0, 0.05) is 60.6 Å². The van der Waals surface area contributed by atoms with Crippen LogP contribution in [0.3, 0.4) is 0 Å². The number of benzene rings is 3. The van der Waals surface area contributed by atoms with Crippen molar-refractivity contribution in [3.8, 4) is 22.9 Å². The van der Waals surface area contributed by atoms with Crippen LogP contribution in [0.15, 0.2) is 42.5 Å². The van der Waals surface area contributed by atoms with Crippen molar-refractivity contribution in [1.29, 1.82) is 0 Å². The van der Waals surface area contributed by atoms with Crippen LogP contribution in [0, 0.1) is 11.7 Å². The molecule has 8 nitrogen and oxygen atoms in total. The number of hydrogen-bond donors (Lipinski definition) is 2. The van der Waals surface area contributed by atoms with Crippen LogP contribution in [0.5, 0.6) is 11.8 Å². The number of carbonyl (C=O) groups is 1. The maximum absolute atomic E-state index is 17.3. The highest BCUT2D eigenvalue weighted by Crippen LogP contribution is 2.45. The molecule has 1 aromatic heterocycles. The largest absolute Gasteiger partial charge is 0.508 e. The van der Waals surface area contributed by atoms with Crippen molar-refractivity contribution in [2.75, 3.05) is 37.7 Å². The van der Waals surface area contributed by atoms with Crippen LogP contribution in [-0.2, 0) is 0 Å². The molecule has 4 aromatic rings. The van der Waals surface area contributed by atoms with Gasteiger partial charge in [-0.05, 0) is 79.6 Å². The molecule has 2 bridgehead atoms. The molecule has 4 aliphatic heterocycles. The Balaban J connectivity index is 1.24. The van der Waals surface area contributed by atoms with E-state index in [9.17, 15) is 14.3 Å². The van der Waals surface area contributed by atoms with E-state index in [4.69, 9.17) is 9.72 Å². The smallest absolute Gasteiger partial charge is 0.319 e. The highest BCUT2D eigenvalue weighted by molar-refractivity contribution is 6.12. The van der Waals surface area contributed by atoms with Gasteiger partial charge in [0.2, 0.25) is 0 Å². The summed E-state index contributed by atoms with van der Waals surface area (Å²) in [7, 11) is 0. The van der Waals surface area contributed by atoms with Gasteiger partial charge in [-0.15, -0.1) is 0 Å². The number of phenols is 1. The molecule has 1 aliphatic carbocycles. The number of nitrogens with zero attached hydrogens (tertiary/aromatic N) is 4. The van der Waals surface area contributed by atoms with Gasteiger partial charge in [0.05, 0.1) is 5.54 Å². The fourth-order valence-electron chi connectivity index (χ4n) is 8.64. The first-order valence-electron chi connectivity index (χ1n) is 16.7. The van der Waals surface area contributed by atoms with Gasteiger partial charge in [-0.1, -0.05) is 24.3 Å². The molecule has 5 fully saturated rings. The van der Waals surface area contributed by atoms with E-state index in [0.29, 0.717) is 60.5 Å². The number of halogens is 2. The van der Waals surface area contributed by atoms with E-state index >= 15 is 4.39 Å². The van der Waals surface area contributed by atoms with Gasteiger partial charge in [0.1, 0.15) is 29.9 Å². The second kappa shape index (κ2) is 10.6. The molecule has 0 radical (unpaired) electrons. The predicted molar refractivity (Wildman–Crippen MR) is 172 cm³/mol. The number of carbonyl (C=O) groups excluding carboxylic acids is 1. The lowest BCUT2D eigenvalue weighted by Crippen LogP contribution is -2.51. The van der Waals surface area contributed by atoms with E-state index in [0.717, 1.165) is 55.8 Å². The van der Waals surface area contributed by atoms with Gasteiger partial charge in [-0.2, -0.15) is 9.97 Å². The van der Waals surface area contributed by atoms with Crippen molar-refractivity contribution in [2.45, 2.75) is 68.7 Å². The van der Waals surface area contributed by atoms with Gasteiger partial charge in [-0.3, -0.25) is 9.69 Å². The maximum atomic E-state index is 17.3. The van der Waals surface area contributed by atoms with Crippen LogP contribution >= 0.6 is 0 Å². The van der Waals surface area contributed by atoms with Crippen LogP contribution < -0.4 is 15.0 Å². The molecule has 0 spiro atoms. The molecule has 9 rings (SSSR count). The maximum Gasteiger partial charge on any atom is 0.319 e. The fourth-order valence-corrected chi connectivity index (χ4v) is 8.64. The summed E-state index contributed by atoms with van der Waals surface area (Å²) >= 11 is 0. The number of nitrogens with one attached hydrogen (secondary N) is 1. The topological polar surface area (TPSA) is 90.8 Å². The lowest BCUT2D eigenvalue weighted by molar-refractivity contribution is 0.0968. The number of ether oxygens (including phenoxy) is 1. The molecule has 238 valence electrons. The molecule has 46 heavy (non-hydrogen) atoms.